The van der Waals surface area contributed by atoms with Crippen molar-refractivity contribution < 1.29 is 9.90 Å². The standard InChI is InChI=1S/C19H29N3O2.2ClH/c23-18-7-10-22(11-8-18)14-16-2-1-3-17(12-16)21-19(24)5-4-15-6-9-20-13-15;;/h1-3,12,15,18,20,23H,4-11,13-14H2,(H,21,24);2*1H. The molecule has 0 saturated carbocycles. The number of amides is 1. The van der Waals surface area contributed by atoms with Gasteiger partial charge in [0, 0.05) is 31.7 Å². The van der Waals surface area contributed by atoms with Crippen molar-refractivity contribution in [1.82, 2.24) is 10.2 Å². The lowest BCUT2D eigenvalue weighted by atomic mass is 10.0. The molecule has 26 heavy (non-hydrogen) atoms. The first kappa shape index (κ1) is 23.2. The highest BCUT2D eigenvalue weighted by Crippen LogP contribution is 2.18. The van der Waals surface area contributed by atoms with Crippen LogP contribution in [0.1, 0.15) is 37.7 Å². The Balaban J connectivity index is 0.00000169. The first-order valence-electron chi connectivity index (χ1n) is 9.19. The van der Waals surface area contributed by atoms with Gasteiger partial charge in [0.2, 0.25) is 5.91 Å². The largest absolute Gasteiger partial charge is 0.393 e. The minimum absolute atomic E-state index is 0. The normalized spacial score (nSPS) is 20.9. The SMILES string of the molecule is Cl.Cl.O=C(CCC1CCNC1)Nc1cccc(CN2CCC(O)CC2)c1. The zero-order valence-corrected chi connectivity index (χ0v) is 16.8. The first-order chi connectivity index (χ1) is 11.7. The molecule has 3 rings (SSSR count). The molecule has 7 heteroatoms. The molecule has 0 aliphatic carbocycles. The number of likely N-dealkylation sites (tertiary alicyclic amines) is 1. The van der Waals surface area contributed by atoms with Crippen LogP contribution in [0.4, 0.5) is 5.69 Å². The Morgan fingerprint density at radius 3 is 2.69 bits per heavy atom. The minimum atomic E-state index is -0.137. The molecule has 2 aliphatic rings. The summed E-state index contributed by atoms with van der Waals surface area (Å²) in [5.41, 5.74) is 2.10. The summed E-state index contributed by atoms with van der Waals surface area (Å²) >= 11 is 0. The Labute approximate surface area is 168 Å². The maximum absolute atomic E-state index is 12.1. The smallest absolute Gasteiger partial charge is 0.224 e. The number of rotatable bonds is 6. The summed E-state index contributed by atoms with van der Waals surface area (Å²) in [6, 6.07) is 8.13. The Morgan fingerprint density at radius 2 is 2.00 bits per heavy atom. The Hall–Kier alpha value is -0.850. The van der Waals surface area contributed by atoms with E-state index in [1.54, 1.807) is 0 Å². The number of anilines is 1. The van der Waals surface area contributed by atoms with Crippen molar-refractivity contribution in [2.75, 3.05) is 31.5 Å². The second kappa shape index (κ2) is 11.8. The summed E-state index contributed by atoms with van der Waals surface area (Å²) in [6.07, 6.45) is 4.32. The van der Waals surface area contributed by atoms with Gasteiger partial charge >= 0.3 is 0 Å². The van der Waals surface area contributed by atoms with Crippen molar-refractivity contribution in [1.29, 1.82) is 0 Å². The molecule has 5 nitrogen and oxygen atoms in total. The van der Waals surface area contributed by atoms with Crippen LogP contribution in [-0.4, -0.2) is 48.2 Å². The summed E-state index contributed by atoms with van der Waals surface area (Å²) in [6.45, 7) is 4.89. The number of benzene rings is 1. The Morgan fingerprint density at radius 1 is 1.23 bits per heavy atom. The average molecular weight is 404 g/mol. The number of piperidine rings is 1. The second-order valence-electron chi connectivity index (χ2n) is 7.15. The van der Waals surface area contributed by atoms with Crippen molar-refractivity contribution in [3.8, 4) is 0 Å². The summed E-state index contributed by atoms with van der Waals surface area (Å²) < 4.78 is 0. The first-order valence-corrected chi connectivity index (χ1v) is 9.19. The van der Waals surface area contributed by atoms with Gasteiger partial charge in [-0.3, -0.25) is 9.69 Å². The van der Waals surface area contributed by atoms with E-state index in [2.05, 4.69) is 27.7 Å². The van der Waals surface area contributed by atoms with Crippen LogP contribution in [-0.2, 0) is 11.3 Å². The molecule has 0 aromatic heterocycles. The highest BCUT2D eigenvalue weighted by Gasteiger charge is 2.17. The van der Waals surface area contributed by atoms with E-state index < -0.39 is 0 Å². The van der Waals surface area contributed by atoms with Gasteiger partial charge in [0.25, 0.3) is 0 Å². The lowest BCUT2D eigenvalue weighted by Crippen LogP contribution is -2.35. The third-order valence-electron chi connectivity index (χ3n) is 5.12. The summed E-state index contributed by atoms with van der Waals surface area (Å²) in [5.74, 6) is 0.761. The van der Waals surface area contributed by atoms with Gasteiger partial charge < -0.3 is 15.7 Å². The number of hydrogen-bond acceptors (Lipinski definition) is 4. The third-order valence-corrected chi connectivity index (χ3v) is 5.12. The molecule has 2 saturated heterocycles. The van der Waals surface area contributed by atoms with Crippen LogP contribution in [0.5, 0.6) is 0 Å². The van der Waals surface area contributed by atoms with Crippen LogP contribution >= 0.6 is 24.8 Å². The van der Waals surface area contributed by atoms with Crippen LogP contribution in [0.2, 0.25) is 0 Å². The number of aliphatic hydroxyl groups is 1. The second-order valence-corrected chi connectivity index (χ2v) is 7.15. The molecule has 3 N–H and O–H groups in total. The van der Waals surface area contributed by atoms with E-state index >= 15 is 0 Å². The molecule has 1 unspecified atom stereocenters. The van der Waals surface area contributed by atoms with Gasteiger partial charge in [0.15, 0.2) is 0 Å². The average Bonchev–Trinajstić information content (AvgIpc) is 3.09. The van der Waals surface area contributed by atoms with Gasteiger partial charge in [-0.05, 0) is 62.4 Å². The van der Waals surface area contributed by atoms with Crippen molar-refractivity contribution >= 4 is 36.4 Å². The molecule has 0 radical (unpaired) electrons. The highest BCUT2D eigenvalue weighted by atomic mass is 35.5. The van der Waals surface area contributed by atoms with Gasteiger partial charge in [-0.15, -0.1) is 24.8 Å². The molecule has 148 valence electrons. The fourth-order valence-electron chi connectivity index (χ4n) is 3.60. The van der Waals surface area contributed by atoms with Gasteiger partial charge in [-0.2, -0.15) is 0 Å². The molecule has 1 atom stereocenters. The van der Waals surface area contributed by atoms with Crippen molar-refractivity contribution in [2.24, 2.45) is 5.92 Å². The van der Waals surface area contributed by atoms with E-state index in [1.165, 1.54) is 12.0 Å². The lowest BCUT2D eigenvalue weighted by molar-refractivity contribution is -0.116. The molecule has 2 aliphatic heterocycles. The quantitative estimate of drug-likeness (QED) is 0.682. The molecule has 1 amide bonds. The maximum atomic E-state index is 12.1. The number of halogens is 2. The van der Waals surface area contributed by atoms with Crippen molar-refractivity contribution in [3.63, 3.8) is 0 Å². The molecular formula is C19H31Cl2N3O2. The minimum Gasteiger partial charge on any atom is -0.393 e. The molecular weight excluding hydrogens is 373 g/mol. The summed E-state index contributed by atoms with van der Waals surface area (Å²) in [7, 11) is 0. The predicted octanol–water partition coefficient (Wildman–Crippen LogP) is 2.82. The van der Waals surface area contributed by atoms with Crippen LogP contribution in [0.15, 0.2) is 24.3 Å². The zero-order valence-electron chi connectivity index (χ0n) is 15.2. The topological polar surface area (TPSA) is 64.6 Å². The number of carbonyl (C=O) groups is 1. The zero-order chi connectivity index (χ0) is 16.8. The number of carbonyl (C=O) groups excluding carboxylic acids is 1. The van der Waals surface area contributed by atoms with Crippen LogP contribution in [0.25, 0.3) is 0 Å². The van der Waals surface area contributed by atoms with E-state index in [9.17, 15) is 9.90 Å². The predicted molar refractivity (Wildman–Crippen MR) is 110 cm³/mol. The number of nitrogens with zero attached hydrogens (tertiary/aromatic N) is 1. The molecule has 0 bridgehead atoms. The van der Waals surface area contributed by atoms with Crippen LogP contribution < -0.4 is 10.6 Å². The van der Waals surface area contributed by atoms with E-state index in [1.807, 2.05) is 12.1 Å². The van der Waals surface area contributed by atoms with E-state index in [-0.39, 0.29) is 36.8 Å². The Kier molecular flexibility index (Phi) is 10.5. The summed E-state index contributed by atoms with van der Waals surface area (Å²) in [4.78, 5) is 14.5. The number of hydrogen-bond donors (Lipinski definition) is 3. The van der Waals surface area contributed by atoms with E-state index in [0.29, 0.717) is 12.3 Å². The molecule has 1 aromatic rings. The van der Waals surface area contributed by atoms with Gasteiger partial charge in [-0.25, -0.2) is 0 Å². The lowest BCUT2D eigenvalue weighted by Gasteiger charge is -2.29. The summed E-state index contributed by atoms with van der Waals surface area (Å²) in [5, 5.41) is 16.0. The molecule has 2 fully saturated rings. The number of aliphatic hydroxyl groups excluding tert-OH is 1. The molecule has 1 aromatic carbocycles. The highest BCUT2D eigenvalue weighted by molar-refractivity contribution is 5.90. The third kappa shape index (κ3) is 7.41. The van der Waals surface area contributed by atoms with Gasteiger partial charge in [-0.1, -0.05) is 12.1 Å². The van der Waals surface area contributed by atoms with Gasteiger partial charge in [0.1, 0.15) is 0 Å². The Bertz CT molecular complexity index is 545. The van der Waals surface area contributed by atoms with Gasteiger partial charge in [0.05, 0.1) is 6.10 Å². The monoisotopic (exact) mass is 403 g/mol. The fraction of sp³-hybridized carbons (Fsp3) is 0.632. The number of nitrogens with one attached hydrogen (secondary N) is 2. The maximum Gasteiger partial charge on any atom is 0.224 e. The van der Waals surface area contributed by atoms with E-state index in [0.717, 1.165) is 57.7 Å². The van der Waals surface area contributed by atoms with Crippen molar-refractivity contribution in [3.05, 3.63) is 29.8 Å². The molecule has 2 heterocycles. The van der Waals surface area contributed by atoms with E-state index in [4.69, 9.17) is 0 Å². The van der Waals surface area contributed by atoms with Crippen LogP contribution in [0, 0.1) is 5.92 Å². The van der Waals surface area contributed by atoms with Crippen LogP contribution in [0.3, 0.4) is 0 Å². The fourth-order valence-corrected chi connectivity index (χ4v) is 3.60. The van der Waals surface area contributed by atoms with Crippen molar-refractivity contribution in [2.45, 2.75) is 44.8 Å². The molecule has 0 spiro atoms.